The molecule has 1 atom stereocenters. The molecule has 1 aliphatic rings. The topological polar surface area (TPSA) is 86.7 Å². The third kappa shape index (κ3) is 5.50. The van der Waals surface area contributed by atoms with Gasteiger partial charge in [-0.05, 0) is 11.1 Å². The van der Waals surface area contributed by atoms with E-state index in [2.05, 4.69) is 10.2 Å². The normalized spacial score (nSPS) is 19.2. The third-order valence-electron chi connectivity index (χ3n) is 3.84. The van der Waals surface area contributed by atoms with Gasteiger partial charge in [-0.3, -0.25) is 9.69 Å². The van der Waals surface area contributed by atoms with Gasteiger partial charge >= 0.3 is 0 Å². The fourth-order valence-electron chi connectivity index (χ4n) is 2.34. The first-order valence-corrected chi connectivity index (χ1v) is 9.33. The summed E-state index contributed by atoms with van der Waals surface area (Å²) in [5, 5.41) is 11.2. The summed E-state index contributed by atoms with van der Waals surface area (Å²) in [6, 6.07) is 7.19. The lowest BCUT2D eigenvalue weighted by Crippen LogP contribution is -2.39. The van der Waals surface area contributed by atoms with E-state index in [4.69, 9.17) is 5.11 Å². The third-order valence-corrected chi connectivity index (χ3v) is 5.45. The number of carbonyl (C=O) groups excluding carboxylic acids is 1. The Bertz CT molecular complexity index is 651. The molecule has 1 heterocycles. The molecule has 9 heteroatoms. The molecule has 0 bridgehead atoms. The van der Waals surface area contributed by atoms with Gasteiger partial charge < -0.3 is 10.4 Å². The van der Waals surface area contributed by atoms with Crippen molar-refractivity contribution in [1.29, 1.82) is 0 Å². The van der Waals surface area contributed by atoms with E-state index in [0.29, 0.717) is 19.6 Å². The highest BCUT2D eigenvalue weighted by Gasteiger charge is 2.25. The van der Waals surface area contributed by atoms with Crippen molar-refractivity contribution in [3.8, 4) is 0 Å². The zero-order chi connectivity index (χ0) is 17.7. The van der Waals surface area contributed by atoms with Crippen LogP contribution in [0, 0.1) is 0 Å². The lowest BCUT2D eigenvalue weighted by molar-refractivity contribution is -0.137. The molecule has 6 nitrogen and oxygen atoms in total. The quantitative estimate of drug-likeness (QED) is 0.753. The number of amides is 1. The maximum Gasteiger partial charge on any atom is 0.273 e. The minimum Gasteiger partial charge on any atom is -0.378 e. The summed E-state index contributed by atoms with van der Waals surface area (Å²) >= 11 is 0. The Morgan fingerprint density at radius 1 is 1.17 bits per heavy atom. The van der Waals surface area contributed by atoms with E-state index in [-0.39, 0.29) is 18.1 Å². The first kappa shape index (κ1) is 18.8. The summed E-state index contributed by atoms with van der Waals surface area (Å²) in [7, 11) is -2.90. The Labute approximate surface area is 139 Å². The van der Waals surface area contributed by atoms with Crippen LogP contribution >= 0.6 is 0 Å². The van der Waals surface area contributed by atoms with Crippen LogP contribution in [-0.4, -0.2) is 61.5 Å². The molecule has 1 fully saturated rings. The standard InChI is InChI=1S/C15H20F2N2O4S/c16-14(17)13(20)15(21)18-9-11-1-3-12(4-2-11)10-19-5-7-24(22,23)8-6-19/h1-4,13-14,20H,5-10H2,(H,18,21). The molecule has 2 N–H and O–H groups in total. The fraction of sp³-hybridized carbons (Fsp3) is 0.533. The highest BCUT2D eigenvalue weighted by molar-refractivity contribution is 7.91. The molecule has 1 unspecified atom stereocenters. The van der Waals surface area contributed by atoms with Crippen LogP contribution in [0.4, 0.5) is 8.78 Å². The summed E-state index contributed by atoms with van der Waals surface area (Å²) < 4.78 is 47.1. The van der Waals surface area contributed by atoms with Gasteiger partial charge in [0, 0.05) is 26.2 Å². The van der Waals surface area contributed by atoms with Gasteiger partial charge in [0.25, 0.3) is 12.3 Å². The molecule has 1 amide bonds. The van der Waals surface area contributed by atoms with E-state index < -0.39 is 28.3 Å². The van der Waals surface area contributed by atoms with E-state index >= 15 is 0 Å². The largest absolute Gasteiger partial charge is 0.378 e. The molecule has 1 saturated heterocycles. The summed E-state index contributed by atoms with van der Waals surface area (Å²) in [5.41, 5.74) is 1.71. The first-order chi connectivity index (χ1) is 11.3. The number of hydrogen-bond acceptors (Lipinski definition) is 5. The van der Waals surface area contributed by atoms with E-state index in [9.17, 15) is 22.0 Å². The number of hydrogen-bond donors (Lipinski definition) is 2. The van der Waals surface area contributed by atoms with Crippen LogP contribution in [0.15, 0.2) is 24.3 Å². The van der Waals surface area contributed by atoms with Crippen molar-refractivity contribution in [2.45, 2.75) is 25.6 Å². The molecule has 2 rings (SSSR count). The number of sulfone groups is 1. The second-order valence-electron chi connectivity index (χ2n) is 5.74. The number of alkyl halides is 2. The van der Waals surface area contributed by atoms with Crippen molar-refractivity contribution in [1.82, 2.24) is 10.2 Å². The molecule has 0 saturated carbocycles. The van der Waals surface area contributed by atoms with Gasteiger partial charge in [0.2, 0.25) is 0 Å². The van der Waals surface area contributed by atoms with Crippen LogP contribution in [0.1, 0.15) is 11.1 Å². The van der Waals surface area contributed by atoms with Crippen LogP contribution in [0.3, 0.4) is 0 Å². The average Bonchev–Trinajstić information content (AvgIpc) is 2.55. The first-order valence-electron chi connectivity index (χ1n) is 7.51. The zero-order valence-electron chi connectivity index (χ0n) is 13.0. The molecule has 1 aromatic carbocycles. The average molecular weight is 362 g/mol. The summed E-state index contributed by atoms with van der Waals surface area (Å²) in [5.74, 6) is -0.767. The highest BCUT2D eigenvalue weighted by atomic mass is 32.2. The minimum atomic E-state index is -3.11. The van der Waals surface area contributed by atoms with E-state index in [1.807, 2.05) is 12.1 Å². The second kappa shape index (κ2) is 8.00. The Morgan fingerprint density at radius 2 is 1.71 bits per heavy atom. The van der Waals surface area contributed by atoms with Crippen molar-refractivity contribution in [3.05, 3.63) is 35.4 Å². The van der Waals surface area contributed by atoms with Crippen molar-refractivity contribution in [2.75, 3.05) is 24.6 Å². The molecule has 0 radical (unpaired) electrons. The van der Waals surface area contributed by atoms with Crippen LogP contribution in [0.5, 0.6) is 0 Å². The number of rotatable bonds is 6. The summed E-state index contributed by atoms with van der Waals surface area (Å²) in [6.07, 6.45) is -5.43. The van der Waals surface area contributed by atoms with Gasteiger partial charge in [-0.2, -0.15) is 0 Å². The van der Waals surface area contributed by atoms with Crippen molar-refractivity contribution in [2.24, 2.45) is 0 Å². The van der Waals surface area contributed by atoms with Crippen LogP contribution in [-0.2, 0) is 27.7 Å². The van der Waals surface area contributed by atoms with E-state index in [1.54, 1.807) is 12.1 Å². The Hall–Kier alpha value is -1.58. The van der Waals surface area contributed by atoms with Gasteiger partial charge in [-0.15, -0.1) is 0 Å². The van der Waals surface area contributed by atoms with Crippen molar-refractivity contribution in [3.63, 3.8) is 0 Å². The number of carbonyl (C=O) groups is 1. The van der Waals surface area contributed by atoms with Gasteiger partial charge in [-0.25, -0.2) is 17.2 Å². The number of aliphatic hydroxyl groups is 1. The van der Waals surface area contributed by atoms with Crippen molar-refractivity contribution >= 4 is 15.7 Å². The molecule has 134 valence electrons. The predicted molar refractivity (Wildman–Crippen MR) is 84.2 cm³/mol. The van der Waals surface area contributed by atoms with E-state index in [1.165, 1.54) is 0 Å². The number of nitrogens with one attached hydrogen (secondary N) is 1. The number of halogens is 2. The van der Waals surface area contributed by atoms with Crippen molar-refractivity contribution < 1.29 is 27.1 Å². The Kier molecular flexibility index (Phi) is 6.25. The molecule has 0 spiro atoms. The smallest absolute Gasteiger partial charge is 0.273 e. The highest BCUT2D eigenvalue weighted by Crippen LogP contribution is 2.11. The summed E-state index contributed by atoms with van der Waals surface area (Å²) in [4.78, 5) is 13.3. The van der Waals surface area contributed by atoms with Crippen LogP contribution < -0.4 is 5.32 Å². The maximum absolute atomic E-state index is 12.2. The molecule has 1 aromatic rings. The predicted octanol–water partition coefficient (Wildman–Crippen LogP) is 0.159. The van der Waals surface area contributed by atoms with Gasteiger partial charge in [0.1, 0.15) is 0 Å². The summed E-state index contributed by atoms with van der Waals surface area (Å²) in [6.45, 7) is 1.69. The second-order valence-corrected chi connectivity index (χ2v) is 8.05. The lowest BCUT2D eigenvalue weighted by Gasteiger charge is -2.26. The molecule has 0 aliphatic carbocycles. The van der Waals surface area contributed by atoms with Crippen LogP contribution in [0.2, 0.25) is 0 Å². The molecule has 1 aliphatic heterocycles. The lowest BCUT2D eigenvalue weighted by atomic mass is 10.1. The SMILES string of the molecule is O=C(NCc1ccc(CN2CCS(=O)(=O)CC2)cc1)C(O)C(F)F. The maximum atomic E-state index is 12.2. The number of aliphatic hydroxyl groups excluding tert-OH is 1. The molecule has 0 aromatic heterocycles. The Balaban J connectivity index is 1.82. The zero-order valence-corrected chi connectivity index (χ0v) is 13.8. The van der Waals surface area contributed by atoms with Gasteiger partial charge in [-0.1, -0.05) is 24.3 Å². The number of nitrogens with zero attached hydrogens (tertiary/aromatic N) is 1. The van der Waals surface area contributed by atoms with Gasteiger partial charge in [0.15, 0.2) is 15.9 Å². The number of benzene rings is 1. The van der Waals surface area contributed by atoms with E-state index in [0.717, 1.165) is 11.1 Å². The molecular formula is C15H20F2N2O4S. The fourth-order valence-corrected chi connectivity index (χ4v) is 3.61. The van der Waals surface area contributed by atoms with Crippen LogP contribution in [0.25, 0.3) is 0 Å². The van der Waals surface area contributed by atoms with Gasteiger partial charge in [0.05, 0.1) is 11.5 Å². The molecule has 24 heavy (non-hydrogen) atoms. The molecular weight excluding hydrogens is 342 g/mol. The minimum absolute atomic E-state index is 0.0465. The Morgan fingerprint density at radius 3 is 2.25 bits per heavy atom. The monoisotopic (exact) mass is 362 g/mol.